The van der Waals surface area contributed by atoms with Gasteiger partial charge in [-0.05, 0) is 25.1 Å². The zero-order valence-electron chi connectivity index (χ0n) is 11.5. The Morgan fingerprint density at radius 3 is 2.86 bits per heavy atom. The molecule has 1 aliphatic heterocycles. The van der Waals surface area contributed by atoms with Gasteiger partial charge in [0.2, 0.25) is 0 Å². The number of hydrogen-bond acceptors (Lipinski definition) is 5. The molecule has 6 heteroatoms. The van der Waals surface area contributed by atoms with Gasteiger partial charge in [-0.25, -0.2) is 9.37 Å². The van der Waals surface area contributed by atoms with Gasteiger partial charge in [0.1, 0.15) is 17.4 Å². The zero-order valence-corrected chi connectivity index (χ0v) is 12.3. The highest BCUT2D eigenvalue weighted by molar-refractivity contribution is 7.14. The lowest BCUT2D eigenvalue weighted by atomic mass is 10.0. The molecular weight excluding hydrogens is 289 g/mol. The van der Waals surface area contributed by atoms with Crippen molar-refractivity contribution in [1.82, 2.24) is 10.3 Å². The highest BCUT2D eigenvalue weighted by Crippen LogP contribution is 2.30. The van der Waals surface area contributed by atoms with Crippen molar-refractivity contribution in [1.29, 1.82) is 5.26 Å². The molecule has 0 spiro atoms. The molecule has 1 aromatic heterocycles. The van der Waals surface area contributed by atoms with Crippen LogP contribution in [0, 0.1) is 18.3 Å². The lowest BCUT2D eigenvalue weighted by molar-refractivity contribution is 0.0347. The predicted octanol–water partition coefficient (Wildman–Crippen LogP) is 2.68. The van der Waals surface area contributed by atoms with Gasteiger partial charge in [0.15, 0.2) is 5.67 Å². The van der Waals surface area contributed by atoms with Crippen LogP contribution in [0.1, 0.15) is 10.4 Å². The van der Waals surface area contributed by atoms with Gasteiger partial charge in [-0.1, -0.05) is 0 Å². The van der Waals surface area contributed by atoms with Gasteiger partial charge in [0, 0.05) is 29.7 Å². The first kappa shape index (κ1) is 14.0. The van der Waals surface area contributed by atoms with E-state index in [2.05, 4.69) is 16.4 Å². The number of aromatic nitrogens is 1. The topological polar surface area (TPSA) is 57.9 Å². The van der Waals surface area contributed by atoms with Gasteiger partial charge in [-0.3, -0.25) is 0 Å². The molecule has 1 N–H and O–H groups in total. The summed E-state index contributed by atoms with van der Waals surface area (Å²) < 4.78 is 19.5. The summed E-state index contributed by atoms with van der Waals surface area (Å²) in [6.07, 6.45) is 1.79. The molecule has 0 amide bonds. The van der Waals surface area contributed by atoms with E-state index in [1.54, 1.807) is 35.7 Å². The smallest absolute Gasteiger partial charge is 0.169 e. The molecule has 4 nitrogen and oxygen atoms in total. The van der Waals surface area contributed by atoms with E-state index in [0.717, 1.165) is 15.4 Å². The van der Waals surface area contributed by atoms with Crippen molar-refractivity contribution in [2.75, 3.05) is 19.7 Å². The number of rotatable bonds is 4. The lowest BCUT2D eigenvalue weighted by Gasteiger charge is -2.34. The van der Waals surface area contributed by atoms with Crippen LogP contribution < -0.4 is 10.1 Å². The molecule has 1 aliphatic rings. The van der Waals surface area contributed by atoms with E-state index in [1.807, 2.05) is 6.92 Å². The Hall–Kier alpha value is -1.97. The maximum atomic E-state index is 13.9. The van der Waals surface area contributed by atoms with Gasteiger partial charge in [-0.15, -0.1) is 11.3 Å². The van der Waals surface area contributed by atoms with Crippen LogP contribution in [0.4, 0.5) is 4.39 Å². The number of thiazole rings is 1. The molecule has 0 aliphatic carbocycles. The summed E-state index contributed by atoms with van der Waals surface area (Å²) in [6.45, 7) is 2.58. The second kappa shape index (κ2) is 5.43. The summed E-state index contributed by atoms with van der Waals surface area (Å²) in [7, 11) is 0. The van der Waals surface area contributed by atoms with Crippen molar-refractivity contribution in [2.45, 2.75) is 12.6 Å². The standard InChI is InChI=1S/C15H14FN3OS/c1-10-6-19-14(21-10)12-2-11(5-17)3-13(4-12)20-9-15(16)7-18-8-15/h2-4,6,18H,7-9H2,1H3. The third-order valence-electron chi connectivity index (χ3n) is 3.28. The molecule has 2 aromatic rings. The molecule has 2 heterocycles. The molecule has 3 rings (SSSR count). The van der Waals surface area contributed by atoms with Crippen LogP contribution >= 0.6 is 11.3 Å². The quantitative estimate of drug-likeness (QED) is 0.943. The van der Waals surface area contributed by atoms with Crippen molar-refractivity contribution in [3.63, 3.8) is 0 Å². The van der Waals surface area contributed by atoms with Crippen LogP contribution in [0.2, 0.25) is 0 Å². The normalized spacial score (nSPS) is 16.0. The Morgan fingerprint density at radius 1 is 1.48 bits per heavy atom. The minimum atomic E-state index is -1.30. The molecule has 108 valence electrons. The van der Waals surface area contributed by atoms with E-state index in [9.17, 15) is 4.39 Å². The third kappa shape index (κ3) is 3.04. The Kier molecular flexibility index (Phi) is 3.62. The van der Waals surface area contributed by atoms with Gasteiger partial charge in [0.05, 0.1) is 11.6 Å². The number of nitrogens with one attached hydrogen (secondary N) is 1. The van der Waals surface area contributed by atoms with E-state index in [1.165, 1.54) is 0 Å². The van der Waals surface area contributed by atoms with Gasteiger partial charge < -0.3 is 10.1 Å². The first-order chi connectivity index (χ1) is 10.1. The summed E-state index contributed by atoms with van der Waals surface area (Å²) in [6, 6.07) is 7.29. The molecule has 0 bridgehead atoms. The average molecular weight is 303 g/mol. The van der Waals surface area contributed by atoms with Crippen LogP contribution in [0.3, 0.4) is 0 Å². The van der Waals surface area contributed by atoms with E-state index in [0.29, 0.717) is 24.4 Å². The molecular formula is C15H14FN3OS. The largest absolute Gasteiger partial charge is 0.490 e. The molecule has 21 heavy (non-hydrogen) atoms. The zero-order chi connectivity index (χ0) is 14.9. The molecule has 0 saturated carbocycles. The van der Waals surface area contributed by atoms with Crippen molar-refractivity contribution < 1.29 is 9.13 Å². The van der Waals surface area contributed by atoms with E-state index >= 15 is 0 Å². The van der Waals surface area contributed by atoms with Crippen LogP contribution in [0.5, 0.6) is 5.75 Å². The summed E-state index contributed by atoms with van der Waals surface area (Å²) in [5.74, 6) is 0.501. The Labute approximate surface area is 126 Å². The molecule has 0 unspecified atom stereocenters. The first-order valence-corrected chi connectivity index (χ1v) is 7.40. The molecule has 0 radical (unpaired) electrons. The fourth-order valence-corrected chi connectivity index (χ4v) is 2.82. The highest BCUT2D eigenvalue weighted by Gasteiger charge is 2.37. The van der Waals surface area contributed by atoms with Crippen molar-refractivity contribution in [3.8, 4) is 22.4 Å². The summed E-state index contributed by atoms with van der Waals surface area (Å²) in [5.41, 5.74) is -0.00240. The van der Waals surface area contributed by atoms with E-state index in [-0.39, 0.29) is 6.61 Å². The average Bonchev–Trinajstić information content (AvgIpc) is 2.89. The van der Waals surface area contributed by atoms with Crippen LogP contribution in [-0.2, 0) is 0 Å². The van der Waals surface area contributed by atoms with Crippen molar-refractivity contribution >= 4 is 11.3 Å². The van der Waals surface area contributed by atoms with Crippen molar-refractivity contribution in [2.24, 2.45) is 0 Å². The number of nitrogens with zero attached hydrogens (tertiary/aromatic N) is 2. The monoisotopic (exact) mass is 303 g/mol. The van der Waals surface area contributed by atoms with E-state index < -0.39 is 5.67 Å². The second-order valence-electron chi connectivity index (χ2n) is 5.18. The lowest BCUT2D eigenvalue weighted by Crippen LogP contribution is -2.59. The minimum absolute atomic E-state index is 0.00871. The Balaban J connectivity index is 1.85. The van der Waals surface area contributed by atoms with Crippen LogP contribution in [0.25, 0.3) is 10.6 Å². The Morgan fingerprint density at radius 2 is 2.29 bits per heavy atom. The predicted molar refractivity (Wildman–Crippen MR) is 79.2 cm³/mol. The number of alkyl halides is 1. The number of nitriles is 1. The summed E-state index contributed by atoms with van der Waals surface area (Å²) in [5, 5.41) is 12.8. The maximum Gasteiger partial charge on any atom is 0.169 e. The number of benzene rings is 1. The number of ether oxygens (including phenoxy) is 1. The van der Waals surface area contributed by atoms with E-state index in [4.69, 9.17) is 10.00 Å². The van der Waals surface area contributed by atoms with Gasteiger partial charge in [-0.2, -0.15) is 5.26 Å². The fraction of sp³-hybridized carbons (Fsp3) is 0.333. The minimum Gasteiger partial charge on any atom is -0.490 e. The van der Waals surface area contributed by atoms with Crippen LogP contribution in [-0.4, -0.2) is 30.3 Å². The molecule has 1 aromatic carbocycles. The Bertz CT molecular complexity index is 703. The van der Waals surface area contributed by atoms with Gasteiger partial charge >= 0.3 is 0 Å². The SMILES string of the molecule is Cc1cnc(-c2cc(C#N)cc(OCC3(F)CNC3)c2)s1. The molecule has 1 fully saturated rings. The summed E-state index contributed by atoms with van der Waals surface area (Å²) >= 11 is 1.55. The number of hydrogen-bond donors (Lipinski definition) is 1. The van der Waals surface area contributed by atoms with Gasteiger partial charge in [0.25, 0.3) is 0 Å². The third-order valence-corrected chi connectivity index (χ3v) is 4.25. The highest BCUT2D eigenvalue weighted by atomic mass is 32.1. The first-order valence-electron chi connectivity index (χ1n) is 6.58. The maximum absolute atomic E-state index is 13.9. The summed E-state index contributed by atoms with van der Waals surface area (Å²) in [4.78, 5) is 5.40. The number of halogens is 1. The molecule has 1 saturated heterocycles. The molecule has 0 atom stereocenters. The second-order valence-corrected chi connectivity index (χ2v) is 6.41. The number of aryl methyl sites for hydroxylation is 1. The van der Waals surface area contributed by atoms with Crippen LogP contribution in [0.15, 0.2) is 24.4 Å². The van der Waals surface area contributed by atoms with Crippen molar-refractivity contribution in [3.05, 3.63) is 34.8 Å². The fourth-order valence-electron chi connectivity index (χ4n) is 2.07.